The Morgan fingerprint density at radius 2 is 2.14 bits per heavy atom. The van der Waals surface area contributed by atoms with Crippen LogP contribution in [0.25, 0.3) is 0 Å². The molecule has 35 heavy (non-hydrogen) atoms. The van der Waals surface area contributed by atoms with Crippen LogP contribution in [-0.2, 0) is 14.4 Å². The molecule has 9 nitrogen and oxygen atoms in total. The van der Waals surface area contributed by atoms with E-state index in [0.29, 0.717) is 44.0 Å². The van der Waals surface area contributed by atoms with Crippen molar-refractivity contribution >= 4 is 35.2 Å². The van der Waals surface area contributed by atoms with Gasteiger partial charge in [-0.25, -0.2) is 4.98 Å². The number of carbonyl (C=O) groups excluding carboxylic acids is 3. The fraction of sp³-hybridized carbons (Fsp3) is 0.560. The van der Waals surface area contributed by atoms with Gasteiger partial charge in [-0.1, -0.05) is 31.2 Å². The summed E-state index contributed by atoms with van der Waals surface area (Å²) < 4.78 is 1.36. The lowest BCUT2D eigenvalue weighted by Crippen LogP contribution is -2.40. The predicted octanol–water partition coefficient (Wildman–Crippen LogP) is 2.17. The van der Waals surface area contributed by atoms with Crippen LogP contribution in [0.15, 0.2) is 41.5 Å². The first-order chi connectivity index (χ1) is 17.0. The van der Waals surface area contributed by atoms with Gasteiger partial charge >= 0.3 is 0 Å². The molecule has 1 aliphatic carbocycles. The molecule has 2 unspecified atom stereocenters. The summed E-state index contributed by atoms with van der Waals surface area (Å²) in [6, 6.07) is -0.729. The van der Waals surface area contributed by atoms with Crippen LogP contribution < -0.4 is 16.2 Å². The number of nitrogens with one attached hydrogen (secondary N) is 2. The molecule has 2 amide bonds. The molecular weight excluding hydrogens is 466 g/mol. The minimum atomic E-state index is -0.729. The molecule has 190 valence electrons. The van der Waals surface area contributed by atoms with Crippen LogP contribution in [0.3, 0.4) is 0 Å². The maximum atomic E-state index is 12.9. The number of Topliss-reactive ketones (excluding diaryl/α,β-unsaturated/α-hetero) is 1. The van der Waals surface area contributed by atoms with Crippen molar-refractivity contribution in [1.29, 1.82) is 0 Å². The zero-order chi connectivity index (χ0) is 25.0. The monoisotopic (exact) mass is 501 g/mol. The summed E-state index contributed by atoms with van der Waals surface area (Å²) in [7, 11) is 0. The summed E-state index contributed by atoms with van der Waals surface area (Å²) in [4.78, 5) is 55.6. The highest BCUT2D eigenvalue weighted by molar-refractivity contribution is 7.99. The molecule has 2 N–H and O–H groups in total. The highest BCUT2D eigenvalue weighted by Gasteiger charge is 2.22. The van der Waals surface area contributed by atoms with Crippen molar-refractivity contribution in [3.05, 3.63) is 47.1 Å². The normalized spacial score (nSPS) is 18.0. The second kappa shape index (κ2) is 13.9. The summed E-state index contributed by atoms with van der Waals surface area (Å²) >= 11 is 1.57. The topological polar surface area (TPSA) is 113 Å². The minimum Gasteiger partial charge on any atom is -0.365 e. The molecule has 1 fully saturated rings. The van der Waals surface area contributed by atoms with E-state index in [2.05, 4.69) is 27.8 Å². The molecule has 1 aliphatic heterocycles. The smallest absolute Gasteiger partial charge is 0.294 e. The molecule has 2 heterocycles. The van der Waals surface area contributed by atoms with Gasteiger partial charge < -0.3 is 15.5 Å². The summed E-state index contributed by atoms with van der Waals surface area (Å²) in [5, 5.41) is 5.72. The molecule has 0 bridgehead atoms. The van der Waals surface area contributed by atoms with Gasteiger partial charge in [-0.15, -0.1) is 0 Å². The Kier molecular flexibility index (Phi) is 10.6. The fourth-order valence-corrected chi connectivity index (χ4v) is 5.15. The third-order valence-corrected chi connectivity index (χ3v) is 7.28. The second-order valence-electron chi connectivity index (χ2n) is 8.76. The molecule has 2 atom stereocenters. The van der Waals surface area contributed by atoms with Gasteiger partial charge in [0.1, 0.15) is 6.04 Å². The van der Waals surface area contributed by atoms with E-state index >= 15 is 0 Å². The van der Waals surface area contributed by atoms with Crippen molar-refractivity contribution < 1.29 is 14.4 Å². The fourth-order valence-electron chi connectivity index (χ4n) is 4.15. The standard InChI is InChI=1S/C25H35N5O4S/c1-2-21(24(33)28-16-20(31)18-35-17-19-8-4-3-5-9-19)30-15-12-27-23(25(30)34)26-11-7-14-29-13-6-10-22(29)32/h3-5,8,12,15,19,21H,2,6-7,9-11,13-14,16-18H2,1H3,(H,26,27)(H,28,33). The van der Waals surface area contributed by atoms with Crippen molar-refractivity contribution in [2.45, 2.75) is 45.1 Å². The van der Waals surface area contributed by atoms with Gasteiger partial charge in [-0.3, -0.25) is 23.7 Å². The van der Waals surface area contributed by atoms with Crippen molar-refractivity contribution in [1.82, 2.24) is 19.8 Å². The van der Waals surface area contributed by atoms with Gasteiger partial charge in [-0.2, -0.15) is 11.8 Å². The molecule has 1 saturated heterocycles. The third kappa shape index (κ3) is 8.09. The number of allylic oxidation sites excluding steroid dienone is 4. The number of nitrogens with zero attached hydrogens (tertiary/aromatic N) is 3. The highest BCUT2D eigenvalue weighted by atomic mass is 32.2. The molecule has 2 aliphatic rings. The van der Waals surface area contributed by atoms with Gasteiger partial charge in [0.2, 0.25) is 11.8 Å². The number of hydrogen-bond donors (Lipinski definition) is 2. The van der Waals surface area contributed by atoms with E-state index in [0.717, 1.165) is 25.1 Å². The largest absolute Gasteiger partial charge is 0.365 e. The summed E-state index contributed by atoms with van der Waals surface area (Å²) in [6.45, 7) is 3.70. The van der Waals surface area contributed by atoms with Gasteiger partial charge in [0, 0.05) is 44.2 Å². The lowest BCUT2D eigenvalue weighted by Gasteiger charge is -2.19. The van der Waals surface area contributed by atoms with Crippen molar-refractivity contribution in [3.63, 3.8) is 0 Å². The third-order valence-electron chi connectivity index (χ3n) is 6.09. The van der Waals surface area contributed by atoms with E-state index in [9.17, 15) is 19.2 Å². The molecule has 0 aromatic carbocycles. The quantitative estimate of drug-likeness (QED) is 0.376. The highest BCUT2D eigenvalue weighted by Crippen LogP contribution is 2.17. The van der Waals surface area contributed by atoms with E-state index in [1.165, 1.54) is 17.0 Å². The maximum Gasteiger partial charge on any atom is 0.294 e. The first-order valence-corrected chi connectivity index (χ1v) is 13.4. The lowest BCUT2D eigenvalue weighted by atomic mass is 10.0. The number of likely N-dealkylation sites (tertiary alicyclic amines) is 1. The molecule has 0 saturated carbocycles. The first kappa shape index (κ1) is 26.7. The van der Waals surface area contributed by atoms with Crippen LogP contribution in [0.2, 0.25) is 0 Å². The molecule has 3 rings (SSSR count). The molecular formula is C25H35N5O4S. The number of carbonyl (C=O) groups is 3. The van der Waals surface area contributed by atoms with Crippen molar-refractivity contribution in [3.8, 4) is 0 Å². The molecule has 0 spiro atoms. The summed E-state index contributed by atoms with van der Waals surface area (Å²) in [5.74, 6) is 1.60. The van der Waals surface area contributed by atoms with Crippen LogP contribution in [0, 0.1) is 5.92 Å². The van der Waals surface area contributed by atoms with Gasteiger partial charge in [0.05, 0.1) is 12.3 Å². The molecule has 1 aromatic rings. The molecule has 1 aromatic heterocycles. The zero-order valence-electron chi connectivity index (χ0n) is 20.3. The average molecular weight is 502 g/mol. The Balaban J connectivity index is 1.45. The molecule has 10 heteroatoms. The summed E-state index contributed by atoms with van der Waals surface area (Å²) in [5.41, 5.74) is -0.386. The Bertz CT molecular complexity index is 1010. The Morgan fingerprint density at radius 3 is 2.86 bits per heavy atom. The van der Waals surface area contributed by atoms with Crippen molar-refractivity contribution in [2.24, 2.45) is 5.92 Å². The van der Waals surface area contributed by atoms with Crippen LogP contribution in [0.1, 0.15) is 45.1 Å². The molecule has 0 radical (unpaired) electrons. The van der Waals surface area contributed by atoms with Gasteiger partial charge in [0.15, 0.2) is 11.6 Å². The van der Waals surface area contributed by atoms with Crippen LogP contribution in [0.5, 0.6) is 0 Å². The number of aromatic nitrogens is 2. The van der Waals surface area contributed by atoms with Crippen LogP contribution >= 0.6 is 11.8 Å². The van der Waals surface area contributed by atoms with E-state index < -0.39 is 6.04 Å². The Labute approximate surface area is 210 Å². The van der Waals surface area contributed by atoms with Gasteiger partial charge in [0.25, 0.3) is 5.56 Å². The lowest BCUT2D eigenvalue weighted by molar-refractivity contribution is -0.127. The number of hydrogen-bond acceptors (Lipinski definition) is 7. The minimum absolute atomic E-state index is 0.0468. The number of rotatable bonds is 14. The van der Waals surface area contributed by atoms with E-state index in [-0.39, 0.29) is 35.5 Å². The number of ketones is 1. The SMILES string of the molecule is CCC(C(=O)NCC(=O)CSCC1C=CC=CC1)n1ccnc(NCCCN2CCCC2=O)c1=O. The van der Waals surface area contributed by atoms with E-state index in [1.54, 1.807) is 11.8 Å². The van der Waals surface area contributed by atoms with E-state index in [4.69, 9.17) is 0 Å². The van der Waals surface area contributed by atoms with Gasteiger partial charge in [-0.05, 0) is 31.6 Å². The predicted molar refractivity (Wildman–Crippen MR) is 138 cm³/mol. The summed E-state index contributed by atoms with van der Waals surface area (Å²) in [6.07, 6.45) is 14.9. The van der Waals surface area contributed by atoms with Crippen LogP contribution in [-0.4, -0.2) is 69.7 Å². The van der Waals surface area contributed by atoms with E-state index in [1.807, 2.05) is 24.0 Å². The number of thioether (sulfide) groups is 1. The second-order valence-corrected chi connectivity index (χ2v) is 9.79. The average Bonchev–Trinajstić information content (AvgIpc) is 3.28. The van der Waals surface area contributed by atoms with Crippen molar-refractivity contribution in [2.75, 3.05) is 43.0 Å². The Hall–Kier alpha value is -2.88. The number of amides is 2. The zero-order valence-corrected chi connectivity index (χ0v) is 21.1. The maximum absolute atomic E-state index is 12.9. The van der Waals surface area contributed by atoms with Crippen LogP contribution in [0.4, 0.5) is 5.82 Å². The number of anilines is 1. The Morgan fingerprint density at radius 1 is 1.29 bits per heavy atom. The first-order valence-electron chi connectivity index (χ1n) is 12.3.